The summed E-state index contributed by atoms with van der Waals surface area (Å²) >= 11 is 0. The molecule has 0 saturated carbocycles. The van der Waals surface area contributed by atoms with Gasteiger partial charge in [-0.05, 0) is 44.4 Å². The second kappa shape index (κ2) is 10.0. The van der Waals surface area contributed by atoms with Gasteiger partial charge in [0, 0.05) is 31.2 Å². The summed E-state index contributed by atoms with van der Waals surface area (Å²) in [5.41, 5.74) is 0.319. The molecule has 2 amide bonds. The van der Waals surface area contributed by atoms with Crippen molar-refractivity contribution in [1.29, 1.82) is 0 Å². The van der Waals surface area contributed by atoms with Gasteiger partial charge in [0.15, 0.2) is 0 Å². The molecule has 1 aliphatic heterocycles. The average molecular weight is 410 g/mol. The lowest BCUT2D eigenvalue weighted by Crippen LogP contribution is -2.47. The van der Waals surface area contributed by atoms with E-state index in [1.54, 1.807) is 24.0 Å². The summed E-state index contributed by atoms with van der Waals surface area (Å²) < 4.78 is 26.8. The summed E-state index contributed by atoms with van der Waals surface area (Å²) in [4.78, 5) is 27.1. The van der Waals surface area contributed by atoms with Crippen molar-refractivity contribution in [3.8, 4) is 0 Å². The average Bonchev–Trinajstić information content (AvgIpc) is 2.67. The number of piperidine rings is 1. The van der Waals surface area contributed by atoms with Crippen LogP contribution in [0.25, 0.3) is 0 Å². The SMILES string of the molecule is CCC[C@H](C)NC(=O)[C@H]1CCCN(C(=O)c2cccc(S(=O)(=O)NCC)c2)C1. The third kappa shape index (κ3) is 5.78. The molecule has 2 atom stereocenters. The Morgan fingerprint density at radius 1 is 1.29 bits per heavy atom. The van der Waals surface area contributed by atoms with Crippen LogP contribution in [-0.4, -0.2) is 50.8 Å². The van der Waals surface area contributed by atoms with Gasteiger partial charge >= 0.3 is 0 Å². The van der Waals surface area contributed by atoms with E-state index in [9.17, 15) is 18.0 Å². The van der Waals surface area contributed by atoms with Crippen molar-refractivity contribution in [2.45, 2.75) is 57.4 Å². The normalized spacial score (nSPS) is 18.5. The van der Waals surface area contributed by atoms with E-state index in [4.69, 9.17) is 0 Å². The Morgan fingerprint density at radius 3 is 2.71 bits per heavy atom. The molecule has 2 rings (SSSR count). The number of nitrogens with zero attached hydrogens (tertiary/aromatic N) is 1. The van der Waals surface area contributed by atoms with E-state index in [0.717, 1.165) is 25.7 Å². The lowest BCUT2D eigenvalue weighted by molar-refractivity contribution is -0.127. The molecule has 8 heteroatoms. The standard InChI is InChI=1S/C20H31N3O4S/c1-4-8-15(3)22-19(24)17-10-7-12-23(14-17)20(25)16-9-6-11-18(13-16)28(26,27)21-5-2/h6,9,11,13,15,17,21H,4-5,7-8,10,12,14H2,1-3H3,(H,22,24)/t15-,17-/m0/s1. The first-order valence-electron chi connectivity index (χ1n) is 9.97. The minimum atomic E-state index is -3.63. The molecule has 1 aliphatic rings. The van der Waals surface area contributed by atoms with Crippen LogP contribution in [0.3, 0.4) is 0 Å². The van der Waals surface area contributed by atoms with Gasteiger partial charge in [-0.15, -0.1) is 0 Å². The molecule has 1 aromatic rings. The van der Waals surface area contributed by atoms with Crippen molar-refractivity contribution in [2.75, 3.05) is 19.6 Å². The maximum Gasteiger partial charge on any atom is 0.253 e. The summed E-state index contributed by atoms with van der Waals surface area (Å²) in [6, 6.07) is 6.17. The number of likely N-dealkylation sites (tertiary alicyclic amines) is 1. The molecule has 1 fully saturated rings. The second-order valence-electron chi connectivity index (χ2n) is 7.32. The first-order chi connectivity index (χ1) is 13.3. The number of hydrogen-bond donors (Lipinski definition) is 2. The first-order valence-corrected chi connectivity index (χ1v) is 11.5. The van der Waals surface area contributed by atoms with Crippen molar-refractivity contribution < 1.29 is 18.0 Å². The van der Waals surface area contributed by atoms with Crippen LogP contribution in [0.15, 0.2) is 29.2 Å². The van der Waals surface area contributed by atoms with E-state index >= 15 is 0 Å². The van der Waals surface area contributed by atoms with Crippen LogP contribution >= 0.6 is 0 Å². The number of rotatable bonds is 8. The molecule has 0 spiro atoms. The maximum atomic E-state index is 12.9. The Morgan fingerprint density at radius 2 is 2.04 bits per heavy atom. The van der Waals surface area contributed by atoms with E-state index in [0.29, 0.717) is 18.7 Å². The predicted octanol–water partition coefficient (Wildman–Crippen LogP) is 2.14. The van der Waals surface area contributed by atoms with Crippen LogP contribution in [0, 0.1) is 5.92 Å². The van der Waals surface area contributed by atoms with Gasteiger partial charge in [0.2, 0.25) is 15.9 Å². The topological polar surface area (TPSA) is 95.6 Å². The highest BCUT2D eigenvalue weighted by Crippen LogP contribution is 2.20. The quantitative estimate of drug-likeness (QED) is 0.688. The fourth-order valence-electron chi connectivity index (χ4n) is 3.49. The Kier molecular flexibility index (Phi) is 8.00. The van der Waals surface area contributed by atoms with E-state index in [1.165, 1.54) is 12.1 Å². The zero-order chi connectivity index (χ0) is 20.7. The molecule has 0 bridgehead atoms. The maximum absolute atomic E-state index is 12.9. The summed E-state index contributed by atoms with van der Waals surface area (Å²) in [5, 5.41) is 3.03. The van der Waals surface area contributed by atoms with Crippen LogP contribution in [0.1, 0.15) is 56.8 Å². The zero-order valence-electron chi connectivity index (χ0n) is 16.9. The lowest BCUT2D eigenvalue weighted by atomic mass is 9.96. The molecule has 0 unspecified atom stereocenters. The van der Waals surface area contributed by atoms with Gasteiger partial charge in [-0.25, -0.2) is 13.1 Å². The van der Waals surface area contributed by atoms with Gasteiger partial charge in [-0.3, -0.25) is 9.59 Å². The largest absolute Gasteiger partial charge is 0.353 e. The summed E-state index contributed by atoms with van der Waals surface area (Å²) in [6.07, 6.45) is 3.43. The monoisotopic (exact) mass is 409 g/mol. The smallest absolute Gasteiger partial charge is 0.253 e. The number of carbonyl (C=O) groups is 2. The molecule has 1 saturated heterocycles. The van der Waals surface area contributed by atoms with Crippen molar-refractivity contribution in [3.05, 3.63) is 29.8 Å². The molecule has 28 heavy (non-hydrogen) atoms. The molecule has 0 aliphatic carbocycles. The Bertz CT molecular complexity index is 794. The van der Waals surface area contributed by atoms with Gasteiger partial charge in [-0.2, -0.15) is 0 Å². The van der Waals surface area contributed by atoms with Gasteiger partial charge in [0.1, 0.15) is 0 Å². The van der Waals surface area contributed by atoms with Crippen molar-refractivity contribution in [2.24, 2.45) is 5.92 Å². The summed E-state index contributed by atoms with van der Waals surface area (Å²) in [7, 11) is -3.63. The number of carbonyl (C=O) groups excluding carboxylic acids is 2. The molecular weight excluding hydrogens is 378 g/mol. The molecule has 0 radical (unpaired) electrons. The predicted molar refractivity (Wildman–Crippen MR) is 108 cm³/mol. The number of sulfonamides is 1. The van der Waals surface area contributed by atoms with Crippen LogP contribution in [0.2, 0.25) is 0 Å². The van der Waals surface area contributed by atoms with Crippen LogP contribution in [0.4, 0.5) is 0 Å². The highest BCUT2D eigenvalue weighted by molar-refractivity contribution is 7.89. The van der Waals surface area contributed by atoms with Crippen molar-refractivity contribution >= 4 is 21.8 Å². The minimum absolute atomic E-state index is 0.0121. The molecular formula is C20H31N3O4S. The minimum Gasteiger partial charge on any atom is -0.353 e. The lowest BCUT2D eigenvalue weighted by Gasteiger charge is -2.32. The number of nitrogens with one attached hydrogen (secondary N) is 2. The first kappa shape index (κ1) is 22.4. The molecule has 1 aromatic carbocycles. The van der Waals surface area contributed by atoms with Crippen molar-refractivity contribution in [1.82, 2.24) is 14.9 Å². The third-order valence-electron chi connectivity index (χ3n) is 4.92. The Hall–Kier alpha value is -1.93. The summed E-state index contributed by atoms with van der Waals surface area (Å²) in [5.74, 6) is -0.486. The van der Waals surface area contributed by atoms with E-state index in [2.05, 4.69) is 17.0 Å². The molecule has 7 nitrogen and oxygen atoms in total. The Labute approximate surface area is 167 Å². The number of hydrogen-bond acceptors (Lipinski definition) is 4. The fraction of sp³-hybridized carbons (Fsp3) is 0.600. The second-order valence-corrected chi connectivity index (χ2v) is 9.08. The highest BCUT2D eigenvalue weighted by Gasteiger charge is 2.29. The third-order valence-corrected chi connectivity index (χ3v) is 6.46. The summed E-state index contributed by atoms with van der Waals surface area (Å²) in [6.45, 7) is 6.97. The Balaban J connectivity index is 2.09. The van der Waals surface area contributed by atoms with Gasteiger partial charge in [-0.1, -0.05) is 26.3 Å². The molecule has 1 heterocycles. The fourth-order valence-corrected chi connectivity index (χ4v) is 4.58. The van der Waals surface area contributed by atoms with E-state index in [-0.39, 0.29) is 35.2 Å². The van der Waals surface area contributed by atoms with Crippen LogP contribution in [0.5, 0.6) is 0 Å². The van der Waals surface area contributed by atoms with Crippen molar-refractivity contribution in [3.63, 3.8) is 0 Å². The van der Waals surface area contributed by atoms with E-state index in [1.807, 2.05) is 6.92 Å². The molecule has 2 N–H and O–H groups in total. The molecule has 156 valence electrons. The van der Waals surface area contributed by atoms with Gasteiger partial charge in [0.25, 0.3) is 5.91 Å². The number of amides is 2. The number of benzene rings is 1. The van der Waals surface area contributed by atoms with Crippen LogP contribution in [-0.2, 0) is 14.8 Å². The molecule has 0 aromatic heterocycles. The van der Waals surface area contributed by atoms with Gasteiger partial charge < -0.3 is 10.2 Å². The van der Waals surface area contributed by atoms with Gasteiger partial charge in [0.05, 0.1) is 10.8 Å². The zero-order valence-corrected chi connectivity index (χ0v) is 17.7. The van der Waals surface area contributed by atoms with Crippen LogP contribution < -0.4 is 10.0 Å². The highest BCUT2D eigenvalue weighted by atomic mass is 32.2. The van der Waals surface area contributed by atoms with E-state index < -0.39 is 10.0 Å².